The molecule has 0 aromatic heterocycles. The second-order valence-electron chi connectivity index (χ2n) is 1.82. The maximum absolute atomic E-state index is 10.5. The van der Waals surface area contributed by atoms with E-state index < -0.39 is 8.46 Å². The van der Waals surface area contributed by atoms with Gasteiger partial charge in [-0.1, -0.05) is 6.92 Å². The van der Waals surface area contributed by atoms with Crippen molar-refractivity contribution in [3.05, 3.63) is 0 Å². The van der Waals surface area contributed by atoms with Gasteiger partial charge in [-0.3, -0.25) is 0 Å². The Morgan fingerprint density at radius 3 is 2.30 bits per heavy atom. The number of nitrogens with one attached hydrogen (secondary N) is 1. The predicted octanol–water partition coefficient (Wildman–Crippen LogP) is 1.23. The summed E-state index contributed by atoms with van der Waals surface area (Å²) in [6.45, 7) is 1.86. The SMILES string of the molecule is CCC(CCl)NS(=O)(=O)Br. The van der Waals surface area contributed by atoms with Gasteiger partial charge in [0.15, 0.2) is 0 Å². The highest BCUT2D eigenvalue weighted by atomic mass is 79.9. The van der Waals surface area contributed by atoms with Gasteiger partial charge in [-0.2, -0.15) is 0 Å². The van der Waals surface area contributed by atoms with Crippen molar-refractivity contribution in [1.82, 2.24) is 4.72 Å². The van der Waals surface area contributed by atoms with Crippen molar-refractivity contribution in [2.24, 2.45) is 0 Å². The number of hydrogen-bond acceptors (Lipinski definition) is 2. The molecule has 0 rings (SSSR count). The van der Waals surface area contributed by atoms with Crippen LogP contribution in [0.2, 0.25) is 0 Å². The van der Waals surface area contributed by atoms with Crippen LogP contribution in [0.25, 0.3) is 0 Å². The number of halogens is 2. The average molecular weight is 251 g/mol. The van der Waals surface area contributed by atoms with Crippen LogP contribution in [0.3, 0.4) is 0 Å². The zero-order valence-electron chi connectivity index (χ0n) is 5.47. The molecule has 0 saturated heterocycles. The molecule has 0 saturated carbocycles. The first-order valence-corrected chi connectivity index (χ1v) is 6.63. The third-order valence-electron chi connectivity index (χ3n) is 0.986. The molecule has 0 radical (unpaired) electrons. The van der Waals surface area contributed by atoms with Gasteiger partial charge in [-0.25, -0.2) is 13.1 Å². The summed E-state index contributed by atoms with van der Waals surface area (Å²) in [5.41, 5.74) is 0. The van der Waals surface area contributed by atoms with Crippen LogP contribution in [0.15, 0.2) is 0 Å². The highest BCUT2D eigenvalue weighted by molar-refractivity contribution is 9.47. The monoisotopic (exact) mass is 249 g/mol. The van der Waals surface area contributed by atoms with Crippen LogP contribution in [0.5, 0.6) is 0 Å². The number of alkyl halides is 1. The fourth-order valence-electron chi connectivity index (χ4n) is 0.423. The lowest BCUT2D eigenvalue weighted by molar-refractivity contribution is 0.573. The molecule has 62 valence electrons. The molecule has 6 heteroatoms. The van der Waals surface area contributed by atoms with Crippen LogP contribution < -0.4 is 4.72 Å². The standard InChI is InChI=1S/C4H9BrClNO2S/c1-2-4(3-6)7-10(5,8)9/h4,7H,2-3H2,1H3. The van der Waals surface area contributed by atoms with Crippen LogP contribution in [0.1, 0.15) is 13.3 Å². The fourth-order valence-corrected chi connectivity index (χ4v) is 2.25. The van der Waals surface area contributed by atoms with E-state index in [1.807, 2.05) is 6.92 Å². The summed E-state index contributed by atoms with van der Waals surface area (Å²) in [6.07, 6.45) is 0.689. The van der Waals surface area contributed by atoms with Gasteiger partial charge in [0.05, 0.1) is 14.8 Å². The first kappa shape index (κ1) is 10.7. The van der Waals surface area contributed by atoms with Crippen molar-refractivity contribution in [3.63, 3.8) is 0 Å². The van der Waals surface area contributed by atoms with Gasteiger partial charge in [0.1, 0.15) is 0 Å². The van der Waals surface area contributed by atoms with Crippen molar-refractivity contribution < 1.29 is 8.42 Å². The third-order valence-corrected chi connectivity index (χ3v) is 2.53. The van der Waals surface area contributed by atoms with Crippen molar-refractivity contribution >= 4 is 34.9 Å². The van der Waals surface area contributed by atoms with Gasteiger partial charge in [-0.05, 0) is 6.42 Å². The van der Waals surface area contributed by atoms with Crippen molar-refractivity contribution in [2.75, 3.05) is 5.88 Å². The smallest absolute Gasteiger partial charge is 0.202 e. The van der Waals surface area contributed by atoms with E-state index in [1.54, 1.807) is 0 Å². The van der Waals surface area contributed by atoms with E-state index in [1.165, 1.54) is 0 Å². The normalized spacial score (nSPS) is 15.1. The van der Waals surface area contributed by atoms with Gasteiger partial charge < -0.3 is 0 Å². The highest BCUT2D eigenvalue weighted by Crippen LogP contribution is 2.01. The zero-order valence-corrected chi connectivity index (χ0v) is 8.63. The molecule has 0 aromatic carbocycles. The molecule has 10 heavy (non-hydrogen) atoms. The summed E-state index contributed by atoms with van der Waals surface area (Å²) < 4.78 is 23.3. The summed E-state index contributed by atoms with van der Waals surface area (Å²) in [5.74, 6) is 0.293. The second-order valence-corrected chi connectivity index (χ2v) is 5.79. The van der Waals surface area contributed by atoms with Gasteiger partial charge in [0.2, 0.25) is 0 Å². The van der Waals surface area contributed by atoms with E-state index in [0.29, 0.717) is 12.3 Å². The Morgan fingerprint density at radius 1 is 1.70 bits per heavy atom. The Morgan fingerprint density at radius 2 is 2.20 bits per heavy atom. The van der Waals surface area contributed by atoms with Crippen LogP contribution in [-0.2, 0) is 8.46 Å². The maximum atomic E-state index is 10.5. The first-order valence-electron chi connectivity index (χ1n) is 2.77. The molecule has 0 aliphatic carbocycles. The van der Waals surface area contributed by atoms with E-state index in [9.17, 15) is 8.42 Å². The molecular formula is C4H9BrClNO2S. The summed E-state index contributed by atoms with van der Waals surface area (Å²) >= 11 is 7.89. The number of rotatable bonds is 4. The van der Waals surface area contributed by atoms with E-state index in [4.69, 9.17) is 11.6 Å². The lowest BCUT2D eigenvalue weighted by atomic mass is 10.3. The van der Waals surface area contributed by atoms with Gasteiger partial charge in [0, 0.05) is 11.9 Å². The third kappa shape index (κ3) is 5.46. The van der Waals surface area contributed by atoms with Gasteiger partial charge in [0.25, 0.3) is 8.46 Å². The Hall–Kier alpha value is 0.680. The van der Waals surface area contributed by atoms with Crippen LogP contribution >= 0.6 is 26.4 Å². The Kier molecular flexibility index (Phi) is 4.84. The van der Waals surface area contributed by atoms with E-state index in [-0.39, 0.29) is 6.04 Å². The summed E-state index contributed by atoms with van der Waals surface area (Å²) in [4.78, 5) is 0. The quantitative estimate of drug-likeness (QED) is 0.603. The Balaban J connectivity index is 3.87. The minimum absolute atomic E-state index is 0.175. The molecule has 1 unspecified atom stereocenters. The molecular weight excluding hydrogens is 241 g/mol. The average Bonchev–Trinajstić information content (AvgIpc) is 1.81. The van der Waals surface area contributed by atoms with Gasteiger partial charge >= 0.3 is 0 Å². The second kappa shape index (κ2) is 4.54. The Labute approximate surface area is 73.4 Å². The minimum atomic E-state index is -3.27. The lowest BCUT2D eigenvalue weighted by Crippen LogP contribution is -2.32. The predicted molar refractivity (Wildman–Crippen MR) is 45.8 cm³/mol. The molecule has 0 bridgehead atoms. The molecule has 1 atom stereocenters. The Bertz CT molecular complexity index is 178. The van der Waals surface area contributed by atoms with Crippen molar-refractivity contribution in [2.45, 2.75) is 19.4 Å². The molecule has 1 N–H and O–H groups in total. The van der Waals surface area contributed by atoms with Gasteiger partial charge in [-0.15, -0.1) is 11.6 Å². The maximum Gasteiger partial charge on any atom is 0.272 e. The van der Waals surface area contributed by atoms with Crippen LogP contribution in [0, 0.1) is 0 Å². The minimum Gasteiger partial charge on any atom is -0.202 e. The number of hydrogen-bond donors (Lipinski definition) is 1. The fraction of sp³-hybridized carbons (Fsp3) is 1.00. The van der Waals surface area contributed by atoms with E-state index >= 15 is 0 Å². The van der Waals surface area contributed by atoms with Crippen molar-refractivity contribution in [3.8, 4) is 0 Å². The first-order chi connectivity index (χ1) is 4.49. The molecule has 0 amide bonds. The lowest BCUT2D eigenvalue weighted by Gasteiger charge is -2.09. The topological polar surface area (TPSA) is 46.2 Å². The molecule has 0 aromatic rings. The largest absolute Gasteiger partial charge is 0.272 e. The molecule has 0 heterocycles. The molecule has 0 spiro atoms. The van der Waals surface area contributed by atoms with E-state index in [0.717, 1.165) is 0 Å². The van der Waals surface area contributed by atoms with Crippen LogP contribution in [0.4, 0.5) is 0 Å². The van der Waals surface area contributed by atoms with E-state index in [2.05, 4.69) is 19.5 Å². The molecule has 3 nitrogen and oxygen atoms in total. The molecule has 0 fully saturated rings. The summed E-state index contributed by atoms with van der Waals surface area (Å²) in [6, 6.07) is -0.175. The molecule has 0 aliphatic rings. The van der Waals surface area contributed by atoms with Crippen LogP contribution in [-0.4, -0.2) is 20.3 Å². The molecule has 0 aliphatic heterocycles. The summed E-state index contributed by atoms with van der Waals surface area (Å²) in [7, 11) is -3.27. The summed E-state index contributed by atoms with van der Waals surface area (Å²) in [5, 5.41) is 0. The zero-order chi connectivity index (χ0) is 8.20. The van der Waals surface area contributed by atoms with Crippen molar-refractivity contribution in [1.29, 1.82) is 0 Å². The highest BCUT2D eigenvalue weighted by Gasteiger charge is 2.10.